The number of carbonyl (C=O) groups is 2. The zero-order valence-electron chi connectivity index (χ0n) is 12.9. The lowest BCUT2D eigenvalue weighted by molar-refractivity contribution is 0.0911. The Morgan fingerprint density at radius 1 is 1.00 bits per heavy atom. The summed E-state index contributed by atoms with van der Waals surface area (Å²) in [7, 11) is -3.49. The van der Waals surface area contributed by atoms with Crippen LogP contribution in [0.1, 0.15) is 20.9 Å². The van der Waals surface area contributed by atoms with E-state index >= 15 is 0 Å². The molecule has 0 saturated carbocycles. The Bertz CT molecular complexity index is 815. The minimum Gasteiger partial charge on any atom is -0.459 e. The Hall–Kier alpha value is -2.81. The monoisotopic (exact) mass is 351 g/mol. The molecule has 2 amide bonds. The van der Waals surface area contributed by atoms with Gasteiger partial charge in [0.05, 0.1) is 23.8 Å². The number of amides is 2. The van der Waals surface area contributed by atoms with E-state index < -0.39 is 15.9 Å². The van der Waals surface area contributed by atoms with Gasteiger partial charge in [-0.2, -0.15) is 0 Å². The van der Waals surface area contributed by atoms with Gasteiger partial charge < -0.3 is 15.1 Å². The van der Waals surface area contributed by atoms with Crippen molar-refractivity contribution >= 4 is 27.5 Å². The molecule has 3 N–H and O–H groups in total. The van der Waals surface area contributed by atoms with Crippen LogP contribution < -0.4 is 15.4 Å². The molecule has 0 atom stereocenters. The average molecular weight is 351 g/mol. The molecule has 0 aliphatic carbocycles. The zero-order valence-corrected chi connectivity index (χ0v) is 13.7. The van der Waals surface area contributed by atoms with Gasteiger partial charge in [0, 0.05) is 13.1 Å². The second-order valence-corrected chi connectivity index (χ2v) is 6.66. The van der Waals surface area contributed by atoms with Gasteiger partial charge in [0.1, 0.15) is 0 Å². The molecule has 2 rings (SSSR count). The number of anilines is 1. The molecule has 0 unspecified atom stereocenters. The molecule has 128 valence electrons. The van der Waals surface area contributed by atoms with Crippen LogP contribution in [-0.2, 0) is 10.0 Å². The summed E-state index contributed by atoms with van der Waals surface area (Å²) in [6.07, 6.45) is 2.40. The number of carbonyl (C=O) groups excluding carboxylic acids is 2. The van der Waals surface area contributed by atoms with E-state index in [4.69, 9.17) is 4.42 Å². The molecule has 1 aromatic heterocycles. The lowest BCUT2D eigenvalue weighted by Crippen LogP contribution is -2.34. The predicted octanol–water partition coefficient (Wildman–Crippen LogP) is 0.811. The molecule has 0 saturated heterocycles. The molecule has 0 aliphatic heterocycles. The summed E-state index contributed by atoms with van der Waals surface area (Å²) in [6, 6.07) is 9.37. The molecular formula is C15H17N3O5S. The van der Waals surface area contributed by atoms with E-state index in [1.54, 1.807) is 18.2 Å². The van der Waals surface area contributed by atoms with E-state index in [2.05, 4.69) is 15.4 Å². The first-order valence-corrected chi connectivity index (χ1v) is 8.92. The van der Waals surface area contributed by atoms with Crippen molar-refractivity contribution in [1.29, 1.82) is 0 Å². The summed E-state index contributed by atoms with van der Waals surface area (Å²) in [5.74, 6) is -0.647. The molecule has 0 bridgehead atoms. The minimum atomic E-state index is -3.49. The van der Waals surface area contributed by atoms with Gasteiger partial charge in [0.15, 0.2) is 5.76 Å². The van der Waals surface area contributed by atoms with Crippen LogP contribution in [0.5, 0.6) is 0 Å². The molecule has 1 aromatic carbocycles. The summed E-state index contributed by atoms with van der Waals surface area (Å²) in [4.78, 5) is 23.8. The highest BCUT2D eigenvalue weighted by molar-refractivity contribution is 7.92. The van der Waals surface area contributed by atoms with Crippen LogP contribution in [0.15, 0.2) is 47.1 Å². The average Bonchev–Trinajstić information content (AvgIpc) is 3.04. The first-order valence-electron chi connectivity index (χ1n) is 7.03. The van der Waals surface area contributed by atoms with Crippen molar-refractivity contribution in [2.75, 3.05) is 24.1 Å². The fraction of sp³-hybridized carbons (Fsp3) is 0.200. The molecule has 9 heteroatoms. The molecular weight excluding hydrogens is 334 g/mol. The molecule has 0 aliphatic rings. The zero-order chi connectivity index (χ0) is 17.6. The van der Waals surface area contributed by atoms with Crippen molar-refractivity contribution in [3.05, 3.63) is 54.0 Å². The highest BCUT2D eigenvalue weighted by Gasteiger charge is 2.13. The largest absolute Gasteiger partial charge is 0.459 e. The number of para-hydroxylation sites is 1. The van der Waals surface area contributed by atoms with Crippen molar-refractivity contribution in [2.45, 2.75) is 0 Å². The Morgan fingerprint density at radius 3 is 2.29 bits per heavy atom. The van der Waals surface area contributed by atoms with Crippen LogP contribution in [0.3, 0.4) is 0 Å². The molecule has 8 nitrogen and oxygen atoms in total. The van der Waals surface area contributed by atoms with Crippen molar-refractivity contribution in [3.63, 3.8) is 0 Å². The fourth-order valence-electron chi connectivity index (χ4n) is 1.91. The number of sulfonamides is 1. The molecule has 24 heavy (non-hydrogen) atoms. The van der Waals surface area contributed by atoms with Crippen LogP contribution in [-0.4, -0.2) is 39.6 Å². The van der Waals surface area contributed by atoms with Gasteiger partial charge >= 0.3 is 0 Å². The second-order valence-electron chi connectivity index (χ2n) is 4.91. The lowest BCUT2D eigenvalue weighted by atomic mass is 10.1. The Morgan fingerprint density at radius 2 is 1.67 bits per heavy atom. The second kappa shape index (κ2) is 7.64. The summed E-state index contributed by atoms with van der Waals surface area (Å²) in [6.45, 7) is 0.380. The normalized spacial score (nSPS) is 10.9. The minimum absolute atomic E-state index is 0.179. The maximum Gasteiger partial charge on any atom is 0.287 e. The molecule has 1 heterocycles. The number of nitrogens with one attached hydrogen (secondary N) is 3. The highest BCUT2D eigenvalue weighted by atomic mass is 32.2. The topological polar surface area (TPSA) is 118 Å². The van der Waals surface area contributed by atoms with E-state index in [-0.39, 0.29) is 36.0 Å². The van der Waals surface area contributed by atoms with Gasteiger partial charge in [0.25, 0.3) is 11.8 Å². The van der Waals surface area contributed by atoms with Crippen LogP contribution in [0.4, 0.5) is 5.69 Å². The van der Waals surface area contributed by atoms with E-state index in [9.17, 15) is 18.0 Å². The first-order chi connectivity index (χ1) is 11.4. The van der Waals surface area contributed by atoms with Crippen LogP contribution in [0, 0.1) is 0 Å². The van der Waals surface area contributed by atoms with Crippen LogP contribution in [0.2, 0.25) is 0 Å². The quantitative estimate of drug-likeness (QED) is 0.638. The Balaban J connectivity index is 1.88. The van der Waals surface area contributed by atoms with Gasteiger partial charge in [-0.15, -0.1) is 0 Å². The van der Waals surface area contributed by atoms with Gasteiger partial charge in [-0.3, -0.25) is 14.3 Å². The molecule has 2 aromatic rings. The number of furan rings is 1. The fourth-order valence-corrected chi connectivity index (χ4v) is 2.49. The molecule has 0 fully saturated rings. The van der Waals surface area contributed by atoms with E-state index in [1.807, 2.05) is 0 Å². The van der Waals surface area contributed by atoms with E-state index in [0.717, 1.165) is 6.26 Å². The number of hydrogen-bond donors (Lipinski definition) is 3. The maximum absolute atomic E-state index is 12.1. The smallest absolute Gasteiger partial charge is 0.287 e. The highest BCUT2D eigenvalue weighted by Crippen LogP contribution is 2.15. The van der Waals surface area contributed by atoms with Crippen molar-refractivity contribution in [3.8, 4) is 0 Å². The van der Waals surface area contributed by atoms with Crippen LogP contribution in [0.25, 0.3) is 0 Å². The van der Waals surface area contributed by atoms with Crippen molar-refractivity contribution in [1.82, 2.24) is 10.6 Å². The van der Waals surface area contributed by atoms with Gasteiger partial charge in [0.2, 0.25) is 10.0 Å². The third-order valence-corrected chi connectivity index (χ3v) is 3.50. The van der Waals surface area contributed by atoms with Gasteiger partial charge in [-0.05, 0) is 24.3 Å². The SMILES string of the molecule is CS(=O)(=O)Nc1ccccc1C(=O)NCCNC(=O)c1ccco1. The third kappa shape index (κ3) is 5.13. The lowest BCUT2D eigenvalue weighted by Gasteiger charge is -2.11. The Labute approximate surface area is 139 Å². The van der Waals surface area contributed by atoms with Crippen molar-refractivity contribution in [2.24, 2.45) is 0 Å². The Kier molecular flexibility index (Phi) is 5.59. The van der Waals surface area contributed by atoms with E-state index in [1.165, 1.54) is 24.5 Å². The molecule has 0 spiro atoms. The predicted molar refractivity (Wildman–Crippen MR) is 88.3 cm³/mol. The number of benzene rings is 1. The third-order valence-electron chi connectivity index (χ3n) is 2.91. The summed E-state index contributed by atoms with van der Waals surface area (Å²) < 4.78 is 29.9. The summed E-state index contributed by atoms with van der Waals surface area (Å²) >= 11 is 0. The van der Waals surface area contributed by atoms with Gasteiger partial charge in [-0.1, -0.05) is 12.1 Å². The summed E-state index contributed by atoms with van der Waals surface area (Å²) in [5.41, 5.74) is 0.386. The van der Waals surface area contributed by atoms with E-state index in [0.29, 0.717) is 0 Å². The standard InChI is InChI=1S/C15H17N3O5S/c1-24(21,22)18-12-6-3-2-5-11(12)14(19)16-8-9-17-15(20)13-7-4-10-23-13/h2-7,10,18H,8-9H2,1H3,(H,16,19)(H,17,20). The maximum atomic E-state index is 12.1. The number of rotatable bonds is 7. The van der Waals surface area contributed by atoms with Gasteiger partial charge in [-0.25, -0.2) is 8.42 Å². The van der Waals surface area contributed by atoms with Crippen LogP contribution >= 0.6 is 0 Å². The number of hydrogen-bond acceptors (Lipinski definition) is 5. The van der Waals surface area contributed by atoms with Crippen molar-refractivity contribution < 1.29 is 22.4 Å². The summed E-state index contributed by atoms with van der Waals surface area (Å²) in [5, 5.41) is 5.19. The first kappa shape index (κ1) is 17.5. The molecule has 0 radical (unpaired) electrons.